The van der Waals surface area contributed by atoms with Crippen LogP contribution < -0.4 is 15.0 Å². The first-order valence-corrected chi connectivity index (χ1v) is 15.4. The van der Waals surface area contributed by atoms with E-state index in [0.717, 1.165) is 55.4 Å². The zero-order chi connectivity index (χ0) is 34.1. The van der Waals surface area contributed by atoms with Crippen molar-refractivity contribution in [1.82, 2.24) is 15.2 Å². The second kappa shape index (κ2) is 15.8. The van der Waals surface area contributed by atoms with Gasteiger partial charge in [0.1, 0.15) is 19.3 Å². The van der Waals surface area contributed by atoms with Crippen molar-refractivity contribution in [3.8, 4) is 5.88 Å². The third-order valence-corrected chi connectivity index (χ3v) is 8.18. The predicted molar refractivity (Wildman–Crippen MR) is 170 cm³/mol. The fourth-order valence-corrected chi connectivity index (χ4v) is 5.64. The lowest BCUT2D eigenvalue weighted by Crippen LogP contribution is -2.44. The third kappa shape index (κ3) is 9.38. The molecule has 2 aromatic carbocycles. The summed E-state index contributed by atoms with van der Waals surface area (Å²) in [6.07, 6.45) is -1.86. The molecular formula is C34H36F3N5O6. The van der Waals surface area contributed by atoms with Gasteiger partial charge >= 0.3 is 12.1 Å². The van der Waals surface area contributed by atoms with Crippen molar-refractivity contribution in [3.63, 3.8) is 0 Å². The zero-order valence-corrected chi connectivity index (χ0v) is 26.3. The maximum absolute atomic E-state index is 13.1. The Balaban J connectivity index is 1.20. The van der Waals surface area contributed by atoms with E-state index in [-0.39, 0.29) is 24.8 Å². The molecule has 11 nitrogen and oxygen atoms in total. The van der Waals surface area contributed by atoms with Gasteiger partial charge in [-0.25, -0.2) is 14.8 Å². The Morgan fingerprint density at radius 3 is 2.48 bits per heavy atom. The minimum atomic E-state index is -4.61. The SMILES string of the molecule is COc1ccc(N2CCC(N3CC(=NC(=O)CNC(=O)c4cccc(C(F)(F)F)c4)[C@@H](OCC(=O)OCc4ccccc4)C3)CC2)cn1. The molecule has 3 aromatic rings. The average molecular weight is 668 g/mol. The van der Waals surface area contributed by atoms with E-state index in [1.165, 1.54) is 6.07 Å². The van der Waals surface area contributed by atoms with E-state index in [1.54, 1.807) is 13.3 Å². The number of alkyl halides is 3. The number of esters is 1. The van der Waals surface area contributed by atoms with E-state index in [9.17, 15) is 27.6 Å². The highest BCUT2D eigenvalue weighted by Gasteiger charge is 2.36. The molecule has 5 rings (SSSR count). The smallest absolute Gasteiger partial charge is 0.416 e. The number of pyridine rings is 1. The number of hydrogen-bond acceptors (Lipinski definition) is 9. The number of benzene rings is 2. The summed E-state index contributed by atoms with van der Waals surface area (Å²) < 4.78 is 55.6. The van der Waals surface area contributed by atoms with Crippen LogP contribution >= 0.6 is 0 Å². The number of halogens is 3. The van der Waals surface area contributed by atoms with E-state index >= 15 is 0 Å². The van der Waals surface area contributed by atoms with E-state index in [4.69, 9.17) is 14.2 Å². The summed E-state index contributed by atoms with van der Waals surface area (Å²) in [6.45, 7) is 1.47. The number of piperidine rings is 1. The normalized spacial score (nSPS) is 18.1. The van der Waals surface area contributed by atoms with Crippen molar-refractivity contribution in [1.29, 1.82) is 0 Å². The lowest BCUT2D eigenvalue weighted by Gasteiger charge is -2.37. The summed E-state index contributed by atoms with van der Waals surface area (Å²) in [5, 5.41) is 2.34. The van der Waals surface area contributed by atoms with Gasteiger partial charge in [-0.2, -0.15) is 13.2 Å². The fraction of sp³-hybridized carbons (Fsp3) is 0.382. The highest BCUT2D eigenvalue weighted by atomic mass is 19.4. The van der Waals surface area contributed by atoms with Crippen LogP contribution in [0.2, 0.25) is 0 Å². The number of carbonyl (C=O) groups is 3. The number of methoxy groups -OCH3 is 1. The number of aliphatic imine (C=N–C) groups is 1. The summed E-state index contributed by atoms with van der Waals surface area (Å²) in [5.74, 6) is -1.57. The maximum Gasteiger partial charge on any atom is 0.416 e. The Bertz CT molecular complexity index is 1590. The van der Waals surface area contributed by atoms with Gasteiger partial charge in [0.25, 0.3) is 11.8 Å². The summed E-state index contributed by atoms with van der Waals surface area (Å²) in [4.78, 5) is 50.8. The monoisotopic (exact) mass is 667 g/mol. The number of rotatable bonds is 11. The van der Waals surface area contributed by atoms with Gasteiger partial charge in [0.15, 0.2) is 0 Å². The van der Waals surface area contributed by atoms with Crippen molar-refractivity contribution < 1.29 is 41.8 Å². The fourth-order valence-electron chi connectivity index (χ4n) is 5.64. The molecule has 2 aliphatic heterocycles. The van der Waals surface area contributed by atoms with E-state index in [2.05, 4.69) is 25.1 Å². The summed E-state index contributed by atoms with van der Waals surface area (Å²) in [6, 6.07) is 17.1. The number of nitrogens with zero attached hydrogens (tertiary/aromatic N) is 4. The zero-order valence-electron chi connectivity index (χ0n) is 26.3. The van der Waals surface area contributed by atoms with Gasteiger partial charge in [-0.05, 0) is 42.7 Å². The standard InChI is InChI=1S/C34H36F3N5O6/c1-46-31-11-10-27(17-38-31)41-14-12-26(13-15-41)42-19-28(29(20-42)47-22-32(44)48-21-23-6-3-2-4-7-23)40-30(43)18-39-33(45)24-8-5-9-25(16-24)34(35,36)37/h2-11,16-17,26,29H,12-15,18-22H2,1H3,(H,39,45)/t29-/m0/s1. The number of amides is 2. The number of ether oxygens (including phenoxy) is 3. The van der Waals surface area contributed by atoms with Crippen molar-refractivity contribution >= 4 is 29.2 Å². The van der Waals surface area contributed by atoms with E-state index in [0.29, 0.717) is 24.7 Å². The quantitative estimate of drug-likeness (QED) is 0.303. The number of carbonyl (C=O) groups excluding carboxylic acids is 3. The molecule has 0 spiro atoms. The van der Waals surface area contributed by atoms with Gasteiger partial charge in [0.05, 0.1) is 36.8 Å². The molecule has 14 heteroatoms. The largest absolute Gasteiger partial charge is 0.481 e. The van der Waals surface area contributed by atoms with Crippen LogP contribution in [0.25, 0.3) is 0 Å². The Morgan fingerprint density at radius 1 is 1.02 bits per heavy atom. The number of hydrogen-bond donors (Lipinski definition) is 1. The molecule has 0 bridgehead atoms. The molecule has 0 saturated carbocycles. The molecule has 0 aliphatic carbocycles. The van der Waals surface area contributed by atoms with Crippen LogP contribution in [-0.2, 0) is 31.8 Å². The highest BCUT2D eigenvalue weighted by molar-refractivity contribution is 6.03. The van der Waals surface area contributed by atoms with Gasteiger partial charge in [-0.1, -0.05) is 36.4 Å². The van der Waals surface area contributed by atoms with Crippen molar-refractivity contribution in [3.05, 3.63) is 89.6 Å². The molecule has 254 valence electrons. The Hall–Kier alpha value is -4.82. The number of anilines is 1. The van der Waals surface area contributed by atoms with Gasteiger partial charge in [0.2, 0.25) is 5.88 Å². The molecule has 48 heavy (non-hydrogen) atoms. The van der Waals surface area contributed by atoms with Gasteiger partial charge in [-0.3, -0.25) is 14.5 Å². The van der Waals surface area contributed by atoms with Gasteiger partial charge in [0, 0.05) is 43.9 Å². The summed E-state index contributed by atoms with van der Waals surface area (Å²) in [7, 11) is 1.57. The molecule has 2 amide bonds. The van der Waals surface area contributed by atoms with Crippen LogP contribution in [0.1, 0.15) is 34.3 Å². The average Bonchev–Trinajstić information content (AvgIpc) is 3.51. The number of nitrogens with one attached hydrogen (secondary N) is 1. The first kappa shape index (κ1) is 34.5. The van der Waals surface area contributed by atoms with Crippen LogP contribution in [-0.4, -0.2) is 92.0 Å². The molecule has 0 radical (unpaired) electrons. The first-order chi connectivity index (χ1) is 23.1. The minimum Gasteiger partial charge on any atom is -0.481 e. The van der Waals surface area contributed by atoms with Crippen molar-refractivity contribution in [2.24, 2.45) is 4.99 Å². The molecule has 2 fully saturated rings. The second-order valence-corrected chi connectivity index (χ2v) is 11.4. The lowest BCUT2D eigenvalue weighted by atomic mass is 10.0. The van der Waals surface area contributed by atoms with Crippen LogP contribution in [0.4, 0.5) is 18.9 Å². The Morgan fingerprint density at radius 2 is 1.79 bits per heavy atom. The van der Waals surface area contributed by atoms with Crippen LogP contribution in [0, 0.1) is 0 Å². The van der Waals surface area contributed by atoms with E-state index in [1.807, 2.05) is 42.5 Å². The van der Waals surface area contributed by atoms with Gasteiger partial charge in [-0.15, -0.1) is 0 Å². The van der Waals surface area contributed by atoms with Crippen LogP contribution in [0.15, 0.2) is 77.9 Å². The molecule has 1 aromatic heterocycles. The Kier molecular flexibility index (Phi) is 11.4. The predicted octanol–water partition coefficient (Wildman–Crippen LogP) is 3.92. The molecule has 2 saturated heterocycles. The molecular weight excluding hydrogens is 631 g/mol. The summed E-state index contributed by atoms with van der Waals surface area (Å²) in [5.41, 5.74) is 1.01. The van der Waals surface area contributed by atoms with Crippen LogP contribution in [0.5, 0.6) is 5.88 Å². The third-order valence-electron chi connectivity index (χ3n) is 8.18. The van der Waals surface area contributed by atoms with E-state index < -0.39 is 42.2 Å². The second-order valence-electron chi connectivity index (χ2n) is 11.4. The minimum absolute atomic E-state index is 0.0904. The topological polar surface area (TPSA) is 123 Å². The van der Waals surface area contributed by atoms with Gasteiger partial charge < -0.3 is 24.4 Å². The molecule has 0 unspecified atom stereocenters. The highest BCUT2D eigenvalue weighted by Crippen LogP contribution is 2.30. The molecule has 3 heterocycles. The van der Waals surface area contributed by atoms with Crippen molar-refractivity contribution in [2.75, 3.05) is 51.3 Å². The summed E-state index contributed by atoms with van der Waals surface area (Å²) >= 11 is 0. The number of aromatic nitrogens is 1. The molecule has 1 N–H and O–H groups in total. The molecule has 2 aliphatic rings. The Labute approximate surface area is 275 Å². The van der Waals surface area contributed by atoms with Crippen LogP contribution in [0.3, 0.4) is 0 Å². The first-order valence-electron chi connectivity index (χ1n) is 15.4. The maximum atomic E-state index is 13.1. The lowest BCUT2D eigenvalue weighted by molar-refractivity contribution is -0.151. The number of likely N-dealkylation sites (tertiary alicyclic amines) is 1. The van der Waals surface area contributed by atoms with Crippen molar-refractivity contribution in [2.45, 2.75) is 37.8 Å². The molecule has 1 atom stereocenters.